The van der Waals surface area contributed by atoms with Crippen molar-refractivity contribution in [1.82, 2.24) is 14.5 Å². The van der Waals surface area contributed by atoms with Gasteiger partial charge in [0, 0.05) is 38.0 Å². The van der Waals surface area contributed by atoms with Crippen molar-refractivity contribution >= 4 is 16.9 Å². The molecule has 1 aromatic heterocycles. The van der Waals surface area contributed by atoms with Crippen LogP contribution in [0.3, 0.4) is 0 Å². The lowest BCUT2D eigenvalue weighted by Crippen LogP contribution is -2.24. The third-order valence-corrected chi connectivity index (χ3v) is 6.39. The summed E-state index contributed by atoms with van der Waals surface area (Å²) in [5.41, 5.74) is 2.91. The monoisotopic (exact) mass is 473 g/mol. The lowest BCUT2D eigenvalue weighted by atomic mass is 10.1. The van der Waals surface area contributed by atoms with Crippen molar-refractivity contribution in [2.45, 2.75) is 31.8 Å². The van der Waals surface area contributed by atoms with Gasteiger partial charge in [-0.25, -0.2) is 9.37 Å². The lowest BCUT2D eigenvalue weighted by molar-refractivity contribution is -0.128. The van der Waals surface area contributed by atoms with Crippen LogP contribution >= 0.6 is 0 Å². The molecule has 1 atom stereocenters. The smallest absolute Gasteiger partial charge is 0.223 e. The molecule has 180 valence electrons. The van der Waals surface area contributed by atoms with Crippen molar-refractivity contribution in [3.63, 3.8) is 0 Å². The van der Waals surface area contributed by atoms with Crippen LogP contribution in [0.5, 0.6) is 11.5 Å². The second-order valence-corrected chi connectivity index (χ2v) is 8.79. The molecule has 4 aromatic rings. The van der Waals surface area contributed by atoms with Crippen LogP contribution in [0.25, 0.3) is 11.0 Å². The van der Waals surface area contributed by atoms with Crippen LogP contribution in [-0.4, -0.2) is 40.6 Å². The van der Waals surface area contributed by atoms with Gasteiger partial charge in [-0.1, -0.05) is 30.3 Å². The molecule has 1 unspecified atom stereocenters. The lowest BCUT2D eigenvalue weighted by Gasteiger charge is -2.17. The molecule has 0 bridgehead atoms. The summed E-state index contributed by atoms with van der Waals surface area (Å²) in [5.74, 6) is 2.30. The molecule has 1 aliphatic rings. The maximum absolute atomic E-state index is 13.3. The fourth-order valence-corrected chi connectivity index (χ4v) is 4.65. The Bertz CT molecular complexity index is 1320. The minimum absolute atomic E-state index is 0.00894. The molecule has 0 N–H and O–H groups in total. The molecule has 1 aliphatic heterocycles. The average molecular weight is 474 g/mol. The molecular formula is C28H28FN3O3. The zero-order valence-electron chi connectivity index (χ0n) is 19.7. The van der Waals surface area contributed by atoms with Gasteiger partial charge in [-0.3, -0.25) is 4.79 Å². The summed E-state index contributed by atoms with van der Waals surface area (Å²) in [6.07, 6.45) is 1.22. The van der Waals surface area contributed by atoms with E-state index in [0.717, 1.165) is 46.9 Å². The number of aryl methyl sites for hydroxylation is 1. The van der Waals surface area contributed by atoms with Crippen LogP contribution in [0.4, 0.5) is 4.39 Å². The standard InChI is InChI=1S/C28H28FN3O3/c1-34-23-6-4-7-24(17-23)35-15-5-14-32-26-9-3-2-8-25(26)30-28(32)21-16-27(33)31(19-21)18-20-10-12-22(29)13-11-20/h2-4,6-13,17,21H,5,14-16,18-19H2,1H3. The van der Waals surface area contributed by atoms with Crippen molar-refractivity contribution in [3.8, 4) is 11.5 Å². The topological polar surface area (TPSA) is 56.6 Å². The number of amides is 1. The minimum atomic E-state index is -0.275. The number of hydrogen-bond donors (Lipinski definition) is 0. The predicted molar refractivity (Wildman–Crippen MR) is 132 cm³/mol. The molecule has 35 heavy (non-hydrogen) atoms. The molecule has 0 spiro atoms. The molecular weight excluding hydrogens is 445 g/mol. The first-order chi connectivity index (χ1) is 17.1. The molecule has 2 heterocycles. The molecule has 1 amide bonds. The van der Waals surface area contributed by atoms with Gasteiger partial charge in [0.2, 0.25) is 5.91 Å². The zero-order chi connectivity index (χ0) is 24.2. The molecule has 0 aliphatic carbocycles. The second-order valence-electron chi connectivity index (χ2n) is 8.79. The Balaban J connectivity index is 1.29. The fourth-order valence-electron chi connectivity index (χ4n) is 4.65. The SMILES string of the molecule is COc1cccc(OCCCn2c(C3CC(=O)N(Cc4ccc(F)cc4)C3)nc3ccccc32)c1. The van der Waals surface area contributed by atoms with Gasteiger partial charge in [-0.2, -0.15) is 0 Å². The van der Waals surface area contributed by atoms with Gasteiger partial charge in [0.25, 0.3) is 0 Å². The Kier molecular flexibility index (Phi) is 6.66. The third kappa shape index (κ3) is 5.14. The number of likely N-dealkylation sites (tertiary alicyclic amines) is 1. The quantitative estimate of drug-likeness (QED) is 0.315. The number of aromatic nitrogens is 2. The summed E-state index contributed by atoms with van der Waals surface area (Å²) in [5, 5.41) is 0. The van der Waals surface area contributed by atoms with Crippen molar-refractivity contribution < 1.29 is 18.7 Å². The van der Waals surface area contributed by atoms with Crippen LogP contribution in [-0.2, 0) is 17.9 Å². The zero-order valence-corrected chi connectivity index (χ0v) is 19.7. The Hall–Kier alpha value is -3.87. The number of methoxy groups -OCH3 is 1. The highest BCUT2D eigenvalue weighted by molar-refractivity contribution is 5.81. The number of halogens is 1. The van der Waals surface area contributed by atoms with Gasteiger partial charge < -0.3 is 18.9 Å². The molecule has 7 heteroatoms. The average Bonchev–Trinajstić information content (AvgIpc) is 3.43. The van der Waals surface area contributed by atoms with E-state index >= 15 is 0 Å². The largest absolute Gasteiger partial charge is 0.497 e. The number of rotatable bonds is 9. The first kappa shape index (κ1) is 22.9. The third-order valence-electron chi connectivity index (χ3n) is 6.39. The number of nitrogens with zero attached hydrogens (tertiary/aromatic N) is 3. The number of carbonyl (C=O) groups excluding carboxylic acids is 1. The molecule has 6 nitrogen and oxygen atoms in total. The molecule has 0 saturated carbocycles. The molecule has 1 fully saturated rings. The van der Waals surface area contributed by atoms with Gasteiger partial charge in [-0.05, 0) is 48.4 Å². The number of hydrogen-bond acceptors (Lipinski definition) is 4. The predicted octanol–water partition coefficient (Wildman–Crippen LogP) is 5.17. The molecule has 1 saturated heterocycles. The summed E-state index contributed by atoms with van der Waals surface area (Å²) in [6, 6.07) is 22.0. The highest BCUT2D eigenvalue weighted by atomic mass is 19.1. The summed E-state index contributed by atoms with van der Waals surface area (Å²) in [4.78, 5) is 19.6. The highest BCUT2D eigenvalue weighted by Crippen LogP contribution is 2.31. The van der Waals surface area contributed by atoms with Crippen LogP contribution < -0.4 is 9.47 Å². The summed E-state index contributed by atoms with van der Waals surface area (Å²) < 4.78 is 26.7. The van der Waals surface area contributed by atoms with Crippen molar-refractivity contribution in [2.24, 2.45) is 0 Å². The van der Waals surface area contributed by atoms with Crippen LogP contribution in [0.2, 0.25) is 0 Å². The number of para-hydroxylation sites is 2. The number of carbonyl (C=O) groups is 1. The molecule has 5 rings (SSSR count). The summed E-state index contributed by atoms with van der Waals surface area (Å²) in [6.45, 7) is 2.37. The van der Waals surface area contributed by atoms with E-state index in [-0.39, 0.29) is 17.6 Å². The fraction of sp³-hybridized carbons (Fsp3) is 0.286. The first-order valence-electron chi connectivity index (χ1n) is 11.8. The van der Waals surface area contributed by atoms with E-state index in [2.05, 4.69) is 10.6 Å². The number of ether oxygens (including phenoxy) is 2. The maximum Gasteiger partial charge on any atom is 0.223 e. The minimum Gasteiger partial charge on any atom is -0.497 e. The Morgan fingerprint density at radius 1 is 1.03 bits per heavy atom. The van der Waals surface area contributed by atoms with Crippen molar-refractivity contribution in [1.29, 1.82) is 0 Å². The van der Waals surface area contributed by atoms with Crippen LogP contribution in [0.1, 0.15) is 30.1 Å². The number of benzene rings is 3. The highest BCUT2D eigenvalue weighted by Gasteiger charge is 2.33. The maximum atomic E-state index is 13.3. The summed E-state index contributed by atoms with van der Waals surface area (Å²) >= 11 is 0. The van der Waals surface area contributed by atoms with Gasteiger partial charge in [0.15, 0.2) is 0 Å². The van der Waals surface area contributed by atoms with Gasteiger partial charge in [0.1, 0.15) is 23.1 Å². The van der Waals surface area contributed by atoms with E-state index in [1.807, 2.05) is 47.4 Å². The van der Waals surface area contributed by atoms with E-state index in [0.29, 0.717) is 26.1 Å². The molecule has 3 aromatic carbocycles. The van der Waals surface area contributed by atoms with Gasteiger partial charge in [0.05, 0.1) is 24.8 Å². The Morgan fingerprint density at radius 2 is 1.83 bits per heavy atom. The van der Waals surface area contributed by atoms with Gasteiger partial charge >= 0.3 is 0 Å². The van der Waals surface area contributed by atoms with E-state index in [1.54, 1.807) is 19.2 Å². The Labute approximate surface area is 203 Å². The second kappa shape index (κ2) is 10.2. The first-order valence-corrected chi connectivity index (χ1v) is 11.8. The molecule has 0 radical (unpaired) electrons. The summed E-state index contributed by atoms with van der Waals surface area (Å²) in [7, 11) is 1.64. The normalized spacial score (nSPS) is 15.7. The van der Waals surface area contributed by atoms with Crippen molar-refractivity contribution in [2.75, 3.05) is 20.3 Å². The van der Waals surface area contributed by atoms with E-state index in [9.17, 15) is 9.18 Å². The Morgan fingerprint density at radius 3 is 2.66 bits per heavy atom. The van der Waals surface area contributed by atoms with E-state index < -0.39 is 0 Å². The van der Waals surface area contributed by atoms with Gasteiger partial charge in [-0.15, -0.1) is 0 Å². The number of fused-ring (bicyclic) bond motifs is 1. The van der Waals surface area contributed by atoms with Crippen LogP contribution in [0.15, 0.2) is 72.8 Å². The number of imidazole rings is 1. The van der Waals surface area contributed by atoms with E-state index in [1.165, 1.54) is 12.1 Å². The van der Waals surface area contributed by atoms with E-state index in [4.69, 9.17) is 14.5 Å². The van der Waals surface area contributed by atoms with Crippen molar-refractivity contribution in [3.05, 3.63) is 90.0 Å². The van der Waals surface area contributed by atoms with Crippen LogP contribution in [0, 0.1) is 5.82 Å².